The molecule has 1 aromatic carbocycles. The van der Waals surface area contributed by atoms with Crippen LogP contribution >= 0.6 is 0 Å². The van der Waals surface area contributed by atoms with Crippen molar-refractivity contribution in [1.29, 1.82) is 0 Å². The second-order valence-corrected chi connectivity index (χ2v) is 12.1. The van der Waals surface area contributed by atoms with Gasteiger partial charge in [0.05, 0.1) is 4.90 Å². The highest BCUT2D eigenvalue weighted by atomic mass is 32.2. The van der Waals surface area contributed by atoms with Crippen molar-refractivity contribution in [2.45, 2.75) is 128 Å². The molecule has 0 unspecified atom stereocenters. The number of nitrogens with two attached hydrogens (primary N) is 1. The summed E-state index contributed by atoms with van der Waals surface area (Å²) < 4.78 is 28.6. The molecule has 0 aliphatic rings. The maximum atomic E-state index is 12.1. The van der Waals surface area contributed by atoms with Crippen LogP contribution < -0.4 is 15.0 Å². The molecule has 2 aromatic rings. The Morgan fingerprint density at radius 3 is 1.75 bits per heavy atom. The summed E-state index contributed by atoms with van der Waals surface area (Å²) >= 11 is 0. The fraction of sp³-hybridized carbons (Fsp3) is 0.576. The van der Waals surface area contributed by atoms with Crippen LogP contribution in [-0.4, -0.2) is 14.3 Å². The number of amides is 1. The number of unbranched alkanes of at least 4 members (excludes halogenated alkanes) is 14. The molecule has 40 heavy (non-hydrogen) atoms. The zero-order chi connectivity index (χ0) is 29.5. The van der Waals surface area contributed by atoms with E-state index in [4.69, 9.17) is 5.73 Å². The number of carbonyl (C=O) groups excluding carboxylic acids is 1. The third-order valence-corrected chi connectivity index (χ3v) is 8.36. The van der Waals surface area contributed by atoms with Crippen molar-refractivity contribution >= 4 is 27.7 Å². The van der Waals surface area contributed by atoms with Crippen LogP contribution in [-0.2, 0) is 21.4 Å². The van der Waals surface area contributed by atoms with Crippen molar-refractivity contribution < 1.29 is 17.8 Å². The first kappa shape index (κ1) is 35.4. The van der Waals surface area contributed by atoms with E-state index in [1.54, 1.807) is 0 Å². The molecule has 0 radical (unpaired) electrons. The SMILES string of the molecule is C=Cc1cccc[n+]1CC.CCCCCCCCCCCCCCCCCC(=O)NS(=O)(=O)c1ccc(N)cc1. The number of rotatable bonds is 20. The van der Waals surface area contributed by atoms with Crippen LogP contribution in [0.25, 0.3) is 6.08 Å². The monoisotopic (exact) mass is 572 g/mol. The minimum Gasteiger partial charge on any atom is -0.399 e. The molecule has 0 aliphatic heterocycles. The Morgan fingerprint density at radius 1 is 0.800 bits per heavy atom. The number of aryl methyl sites for hydroxylation is 1. The number of hydrogen-bond acceptors (Lipinski definition) is 4. The number of benzene rings is 1. The predicted molar refractivity (Wildman–Crippen MR) is 168 cm³/mol. The molecule has 1 aromatic heterocycles. The number of nitrogen functional groups attached to an aromatic ring is 1. The van der Waals surface area contributed by atoms with E-state index in [1.807, 2.05) is 18.2 Å². The largest absolute Gasteiger partial charge is 0.399 e. The van der Waals surface area contributed by atoms with Gasteiger partial charge in [-0.1, -0.05) is 103 Å². The lowest BCUT2D eigenvalue weighted by molar-refractivity contribution is -0.695. The third kappa shape index (κ3) is 16.4. The molecule has 224 valence electrons. The van der Waals surface area contributed by atoms with Gasteiger partial charge < -0.3 is 5.73 Å². The van der Waals surface area contributed by atoms with E-state index >= 15 is 0 Å². The summed E-state index contributed by atoms with van der Waals surface area (Å²) in [6, 6.07) is 11.9. The molecular formula is C33H54N3O3S+. The van der Waals surface area contributed by atoms with Crippen molar-refractivity contribution in [3.63, 3.8) is 0 Å². The number of nitrogens with zero attached hydrogens (tertiary/aromatic N) is 1. The van der Waals surface area contributed by atoms with E-state index in [1.165, 1.54) is 107 Å². The molecule has 0 saturated heterocycles. The Kier molecular flexibility index (Phi) is 19.5. The number of aromatic nitrogens is 1. The van der Waals surface area contributed by atoms with E-state index in [9.17, 15) is 13.2 Å². The molecule has 1 heterocycles. The Hall–Kier alpha value is -2.67. The molecule has 0 atom stereocenters. The zero-order valence-corrected chi connectivity index (χ0v) is 25.9. The smallest absolute Gasteiger partial charge is 0.264 e. The van der Waals surface area contributed by atoms with Crippen LogP contribution in [0.5, 0.6) is 0 Å². The fourth-order valence-electron chi connectivity index (χ4n) is 4.53. The molecule has 7 heteroatoms. The number of anilines is 1. The molecular weight excluding hydrogens is 518 g/mol. The Morgan fingerprint density at radius 2 is 1.30 bits per heavy atom. The van der Waals surface area contributed by atoms with Gasteiger partial charge in [-0.3, -0.25) is 4.79 Å². The predicted octanol–water partition coefficient (Wildman–Crippen LogP) is 7.97. The third-order valence-electron chi connectivity index (χ3n) is 6.97. The lowest BCUT2D eigenvalue weighted by Crippen LogP contribution is -2.34. The molecule has 0 fully saturated rings. The Labute approximate surface area is 244 Å². The summed E-state index contributed by atoms with van der Waals surface area (Å²) in [4.78, 5) is 12.0. The number of sulfonamides is 1. The maximum Gasteiger partial charge on any atom is 0.264 e. The highest BCUT2D eigenvalue weighted by Crippen LogP contribution is 2.14. The average Bonchev–Trinajstić information content (AvgIpc) is 2.95. The van der Waals surface area contributed by atoms with Gasteiger partial charge in [0, 0.05) is 30.3 Å². The molecule has 0 bridgehead atoms. The van der Waals surface area contributed by atoms with Gasteiger partial charge in [0.2, 0.25) is 11.6 Å². The molecule has 2 rings (SSSR count). The first-order chi connectivity index (χ1) is 19.3. The van der Waals surface area contributed by atoms with Crippen LogP contribution in [0.15, 0.2) is 60.1 Å². The van der Waals surface area contributed by atoms with Gasteiger partial charge in [-0.15, -0.1) is 0 Å². The average molecular weight is 573 g/mol. The summed E-state index contributed by atoms with van der Waals surface area (Å²) in [6.45, 7) is 9.10. The van der Waals surface area contributed by atoms with Crippen LogP contribution in [0.4, 0.5) is 5.69 Å². The lowest BCUT2D eigenvalue weighted by Gasteiger charge is -2.07. The van der Waals surface area contributed by atoms with Crippen LogP contribution in [0.3, 0.4) is 0 Å². The van der Waals surface area contributed by atoms with Gasteiger partial charge in [0.25, 0.3) is 10.0 Å². The molecule has 6 nitrogen and oxygen atoms in total. The van der Waals surface area contributed by atoms with E-state index in [-0.39, 0.29) is 11.3 Å². The maximum absolute atomic E-state index is 12.1. The molecule has 0 spiro atoms. The Bertz CT molecular complexity index is 1050. The topological polar surface area (TPSA) is 93.1 Å². The van der Waals surface area contributed by atoms with E-state index < -0.39 is 15.9 Å². The first-order valence-electron chi connectivity index (χ1n) is 15.4. The summed E-state index contributed by atoms with van der Waals surface area (Å²) in [5.74, 6) is -0.443. The number of nitrogens with one attached hydrogen (secondary N) is 1. The first-order valence-corrected chi connectivity index (χ1v) is 16.8. The van der Waals surface area contributed by atoms with Gasteiger partial charge in [-0.05, 0) is 43.7 Å². The second-order valence-electron chi connectivity index (χ2n) is 10.4. The number of carbonyl (C=O) groups is 1. The van der Waals surface area contributed by atoms with Gasteiger partial charge >= 0.3 is 0 Å². The van der Waals surface area contributed by atoms with Crippen LogP contribution in [0.2, 0.25) is 0 Å². The quantitative estimate of drug-likeness (QED) is 0.0956. The van der Waals surface area contributed by atoms with Crippen molar-refractivity contribution in [3.05, 3.63) is 60.9 Å². The van der Waals surface area contributed by atoms with Gasteiger partial charge in [0.15, 0.2) is 6.20 Å². The van der Waals surface area contributed by atoms with Gasteiger partial charge in [-0.2, -0.15) is 4.57 Å². The number of hydrogen-bond donors (Lipinski definition) is 2. The van der Waals surface area contributed by atoms with Crippen LogP contribution in [0, 0.1) is 0 Å². The fourth-order valence-corrected chi connectivity index (χ4v) is 5.54. The summed E-state index contributed by atoms with van der Waals surface area (Å²) in [7, 11) is -3.80. The van der Waals surface area contributed by atoms with E-state index in [2.05, 4.69) is 42.0 Å². The van der Waals surface area contributed by atoms with Crippen molar-refractivity contribution in [1.82, 2.24) is 4.72 Å². The van der Waals surface area contributed by atoms with Gasteiger partial charge in [-0.25, -0.2) is 13.1 Å². The molecule has 1 amide bonds. The number of pyridine rings is 1. The zero-order valence-electron chi connectivity index (χ0n) is 25.1. The van der Waals surface area contributed by atoms with E-state index in [0.29, 0.717) is 5.69 Å². The van der Waals surface area contributed by atoms with Gasteiger partial charge in [0.1, 0.15) is 6.54 Å². The standard InChI is InChI=1S/C24H42N2O3S.C9H12N/c1-2-3-4-5-6-7-8-9-10-11-12-13-14-15-16-17-24(27)26-30(28,29)23-20-18-22(25)19-21-23;1-3-9-7-5-6-8-10(9)4-2/h18-21H,2-17,25H2,1H3,(H,26,27);3,5-8H,1,4H2,2H3/q;+1. The minimum atomic E-state index is -3.80. The second kappa shape index (κ2) is 22.1. The highest BCUT2D eigenvalue weighted by Gasteiger charge is 2.16. The van der Waals surface area contributed by atoms with Crippen LogP contribution in [0.1, 0.15) is 122 Å². The molecule has 3 N–H and O–H groups in total. The molecule has 0 aliphatic carbocycles. The summed E-state index contributed by atoms with van der Waals surface area (Å²) in [6.07, 6.45) is 23.1. The Balaban J connectivity index is 0.000000667. The summed E-state index contributed by atoms with van der Waals surface area (Å²) in [5.41, 5.74) is 7.21. The summed E-state index contributed by atoms with van der Waals surface area (Å²) in [5, 5.41) is 0. The minimum absolute atomic E-state index is 0.0570. The highest BCUT2D eigenvalue weighted by molar-refractivity contribution is 7.90. The molecule has 0 saturated carbocycles. The van der Waals surface area contributed by atoms with Crippen molar-refractivity contribution in [2.24, 2.45) is 0 Å². The van der Waals surface area contributed by atoms with E-state index in [0.717, 1.165) is 25.8 Å². The lowest BCUT2D eigenvalue weighted by atomic mass is 10.0. The van der Waals surface area contributed by atoms with Crippen molar-refractivity contribution in [2.75, 3.05) is 5.73 Å². The normalized spacial score (nSPS) is 10.9. The van der Waals surface area contributed by atoms with Crippen molar-refractivity contribution in [3.8, 4) is 0 Å².